The highest BCUT2D eigenvalue weighted by atomic mass is 16.5. The molecule has 0 bridgehead atoms. The summed E-state index contributed by atoms with van der Waals surface area (Å²) in [6, 6.07) is 0.406. The summed E-state index contributed by atoms with van der Waals surface area (Å²) in [5, 5.41) is 12.7. The monoisotopic (exact) mass is 284 g/mol. The molecule has 0 saturated heterocycles. The fraction of sp³-hybridized carbons (Fsp3) is 0.933. The number of nitrogens with one attached hydrogen (secondary N) is 1. The first-order valence-corrected chi connectivity index (χ1v) is 7.77. The number of hydrogen-bond donors (Lipinski definition) is 2. The van der Waals surface area contributed by atoms with E-state index in [1.807, 2.05) is 7.05 Å². The summed E-state index contributed by atoms with van der Waals surface area (Å²) >= 11 is 0. The molecule has 0 aromatic heterocycles. The number of carboxylic acids is 1. The maximum Gasteiger partial charge on any atom is 0.323 e. The fourth-order valence-electron chi connectivity index (χ4n) is 2.20. The lowest BCUT2D eigenvalue weighted by atomic mass is 9.97. The van der Waals surface area contributed by atoms with Gasteiger partial charge in [0.1, 0.15) is 5.54 Å². The summed E-state index contributed by atoms with van der Waals surface area (Å²) in [5.74, 6) is 0.0566. The van der Waals surface area contributed by atoms with E-state index in [0.29, 0.717) is 12.5 Å². The SMILES string of the molecule is CN(CCOCC1CC1)CCC(C)(NC1CC1)C(=O)O. The molecule has 0 heterocycles. The van der Waals surface area contributed by atoms with Crippen LogP contribution < -0.4 is 5.32 Å². The Kier molecular flexibility index (Phi) is 5.41. The quantitative estimate of drug-likeness (QED) is 0.561. The second kappa shape index (κ2) is 6.87. The van der Waals surface area contributed by atoms with Crippen molar-refractivity contribution in [3.8, 4) is 0 Å². The Morgan fingerprint density at radius 2 is 2.05 bits per heavy atom. The minimum Gasteiger partial charge on any atom is -0.480 e. The topological polar surface area (TPSA) is 61.8 Å². The highest BCUT2D eigenvalue weighted by Crippen LogP contribution is 2.28. The molecular formula is C15H28N2O3. The highest BCUT2D eigenvalue weighted by Gasteiger charge is 2.38. The summed E-state index contributed by atoms with van der Waals surface area (Å²) in [5.41, 5.74) is -0.801. The second-order valence-electron chi connectivity index (χ2n) is 6.63. The molecule has 2 fully saturated rings. The lowest BCUT2D eigenvalue weighted by Gasteiger charge is -2.28. The largest absolute Gasteiger partial charge is 0.480 e. The predicted octanol–water partition coefficient (Wildman–Crippen LogP) is 1.33. The van der Waals surface area contributed by atoms with Crippen LogP contribution in [-0.2, 0) is 9.53 Å². The Bertz CT molecular complexity index is 329. The van der Waals surface area contributed by atoms with Gasteiger partial charge in [0.25, 0.3) is 0 Å². The molecule has 0 aromatic carbocycles. The van der Waals surface area contributed by atoms with Crippen LogP contribution in [0.1, 0.15) is 39.0 Å². The van der Waals surface area contributed by atoms with E-state index in [0.717, 1.165) is 45.1 Å². The lowest BCUT2D eigenvalue weighted by molar-refractivity contribution is -0.144. The lowest BCUT2D eigenvalue weighted by Crippen LogP contribution is -2.52. The number of nitrogens with zero attached hydrogens (tertiary/aromatic N) is 1. The van der Waals surface area contributed by atoms with Gasteiger partial charge < -0.3 is 14.7 Å². The van der Waals surface area contributed by atoms with E-state index in [9.17, 15) is 9.90 Å². The van der Waals surface area contributed by atoms with Crippen LogP contribution in [0.3, 0.4) is 0 Å². The van der Waals surface area contributed by atoms with E-state index in [2.05, 4.69) is 10.2 Å². The van der Waals surface area contributed by atoms with Crippen molar-refractivity contribution >= 4 is 5.97 Å². The summed E-state index contributed by atoms with van der Waals surface area (Å²) in [4.78, 5) is 13.6. The summed E-state index contributed by atoms with van der Waals surface area (Å²) in [6.07, 6.45) is 5.47. The van der Waals surface area contributed by atoms with Crippen molar-refractivity contribution in [1.82, 2.24) is 10.2 Å². The van der Waals surface area contributed by atoms with Gasteiger partial charge in [-0.25, -0.2) is 0 Å². The average molecular weight is 284 g/mol. The predicted molar refractivity (Wildman–Crippen MR) is 77.9 cm³/mol. The zero-order chi connectivity index (χ0) is 14.6. The van der Waals surface area contributed by atoms with Crippen LogP contribution in [-0.4, -0.2) is 60.9 Å². The van der Waals surface area contributed by atoms with Gasteiger partial charge in [-0.15, -0.1) is 0 Å². The number of aliphatic carboxylic acids is 1. The van der Waals surface area contributed by atoms with Crippen molar-refractivity contribution in [1.29, 1.82) is 0 Å². The van der Waals surface area contributed by atoms with Crippen molar-refractivity contribution in [2.45, 2.75) is 50.6 Å². The first kappa shape index (κ1) is 15.7. The number of ether oxygens (including phenoxy) is 1. The zero-order valence-electron chi connectivity index (χ0n) is 12.7. The number of hydrogen-bond acceptors (Lipinski definition) is 4. The first-order valence-electron chi connectivity index (χ1n) is 7.77. The molecule has 0 aromatic rings. The molecule has 1 unspecified atom stereocenters. The van der Waals surface area contributed by atoms with Crippen LogP contribution in [0, 0.1) is 5.92 Å². The van der Waals surface area contributed by atoms with Gasteiger partial charge in [0.2, 0.25) is 0 Å². The van der Waals surface area contributed by atoms with Crippen LogP contribution in [0.4, 0.5) is 0 Å². The molecule has 2 aliphatic rings. The van der Waals surface area contributed by atoms with E-state index in [4.69, 9.17) is 4.74 Å². The van der Waals surface area contributed by atoms with E-state index < -0.39 is 11.5 Å². The third-order valence-corrected chi connectivity index (χ3v) is 4.23. The molecule has 2 aliphatic carbocycles. The summed E-state index contributed by atoms with van der Waals surface area (Å²) in [7, 11) is 2.03. The molecule has 116 valence electrons. The van der Waals surface area contributed by atoms with Gasteiger partial charge in [0, 0.05) is 25.7 Å². The van der Waals surface area contributed by atoms with Gasteiger partial charge >= 0.3 is 5.97 Å². The molecule has 0 radical (unpaired) electrons. The number of rotatable bonds is 11. The van der Waals surface area contributed by atoms with Gasteiger partial charge in [-0.2, -0.15) is 0 Å². The minimum absolute atomic E-state index is 0.406. The van der Waals surface area contributed by atoms with Crippen LogP contribution >= 0.6 is 0 Å². The van der Waals surface area contributed by atoms with E-state index in [1.54, 1.807) is 6.92 Å². The smallest absolute Gasteiger partial charge is 0.323 e. The van der Waals surface area contributed by atoms with Crippen molar-refractivity contribution < 1.29 is 14.6 Å². The van der Waals surface area contributed by atoms with Crippen LogP contribution in [0.2, 0.25) is 0 Å². The summed E-state index contributed by atoms with van der Waals surface area (Å²) in [6.45, 7) is 5.07. The first-order chi connectivity index (χ1) is 9.49. The molecule has 20 heavy (non-hydrogen) atoms. The molecule has 0 aliphatic heterocycles. The number of likely N-dealkylation sites (N-methyl/N-ethyl adjacent to an activating group) is 1. The Balaban J connectivity index is 1.61. The maximum atomic E-state index is 11.4. The molecule has 2 saturated carbocycles. The van der Waals surface area contributed by atoms with Gasteiger partial charge in [-0.3, -0.25) is 10.1 Å². The number of carbonyl (C=O) groups is 1. The van der Waals surface area contributed by atoms with Gasteiger partial charge in [0.15, 0.2) is 0 Å². The van der Waals surface area contributed by atoms with Crippen molar-refractivity contribution in [3.63, 3.8) is 0 Å². The Morgan fingerprint density at radius 3 is 2.60 bits per heavy atom. The molecule has 2 rings (SSSR count). The third-order valence-electron chi connectivity index (χ3n) is 4.23. The van der Waals surface area contributed by atoms with Gasteiger partial charge in [-0.1, -0.05) is 0 Å². The molecule has 1 atom stereocenters. The minimum atomic E-state index is -0.801. The Labute approximate surface area is 121 Å². The Hall–Kier alpha value is -0.650. The van der Waals surface area contributed by atoms with Crippen molar-refractivity contribution in [3.05, 3.63) is 0 Å². The fourth-order valence-corrected chi connectivity index (χ4v) is 2.20. The third kappa shape index (κ3) is 5.38. The molecule has 2 N–H and O–H groups in total. The van der Waals surface area contributed by atoms with Crippen LogP contribution in [0.25, 0.3) is 0 Å². The molecular weight excluding hydrogens is 256 g/mol. The number of carboxylic acid groups (broad SMARTS) is 1. The Morgan fingerprint density at radius 1 is 1.35 bits per heavy atom. The highest BCUT2D eigenvalue weighted by molar-refractivity contribution is 5.78. The van der Waals surface area contributed by atoms with Crippen LogP contribution in [0.5, 0.6) is 0 Å². The van der Waals surface area contributed by atoms with Gasteiger partial charge in [0.05, 0.1) is 6.61 Å². The van der Waals surface area contributed by atoms with Gasteiger partial charge in [-0.05, 0) is 52.0 Å². The van der Waals surface area contributed by atoms with Crippen LogP contribution in [0.15, 0.2) is 0 Å². The van der Waals surface area contributed by atoms with E-state index in [1.165, 1.54) is 12.8 Å². The standard InChI is InChI=1S/C15H28N2O3/c1-15(14(18)19,16-13-5-6-13)7-8-17(2)9-10-20-11-12-3-4-12/h12-13,16H,3-11H2,1-2H3,(H,18,19). The normalized spacial score (nSPS) is 21.9. The molecule has 5 heteroatoms. The molecule has 0 amide bonds. The average Bonchev–Trinajstić information content (AvgIpc) is 3.26. The second-order valence-corrected chi connectivity index (χ2v) is 6.63. The summed E-state index contributed by atoms with van der Waals surface area (Å²) < 4.78 is 5.61. The van der Waals surface area contributed by atoms with E-state index in [-0.39, 0.29) is 0 Å². The van der Waals surface area contributed by atoms with Crippen molar-refractivity contribution in [2.75, 3.05) is 33.4 Å². The zero-order valence-corrected chi connectivity index (χ0v) is 12.7. The maximum absolute atomic E-state index is 11.4. The van der Waals surface area contributed by atoms with Crippen molar-refractivity contribution in [2.24, 2.45) is 5.92 Å². The van der Waals surface area contributed by atoms with E-state index >= 15 is 0 Å². The molecule has 0 spiro atoms. The molecule has 5 nitrogen and oxygen atoms in total.